The number of nitrogens with two attached hydrogens (primary N) is 1. The summed E-state index contributed by atoms with van der Waals surface area (Å²) in [7, 11) is 1.75. The van der Waals surface area contributed by atoms with Crippen molar-refractivity contribution in [1.82, 2.24) is 9.78 Å². The van der Waals surface area contributed by atoms with Gasteiger partial charge in [0.15, 0.2) is 0 Å². The van der Waals surface area contributed by atoms with Gasteiger partial charge in [0.05, 0.1) is 4.92 Å². The summed E-state index contributed by atoms with van der Waals surface area (Å²) >= 11 is 0. The first kappa shape index (κ1) is 15.8. The molecule has 3 N–H and O–H groups in total. The Hall–Kier alpha value is -1.63. The molecular weight excluding hydrogens is 270 g/mol. The fraction of sp³-hybridized carbons (Fsp3) is 0.786. The number of nitrogens with one attached hydrogen (secondary N) is 1. The van der Waals surface area contributed by atoms with Crippen LogP contribution in [-0.2, 0) is 7.05 Å². The van der Waals surface area contributed by atoms with Crippen LogP contribution < -0.4 is 11.1 Å². The van der Waals surface area contributed by atoms with E-state index in [9.17, 15) is 10.1 Å². The smallest absolute Gasteiger partial charge is 0.334 e. The topological polar surface area (TPSA) is 99.0 Å². The molecule has 2 unspecified atom stereocenters. The van der Waals surface area contributed by atoms with E-state index in [1.54, 1.807) is 11.7 Å². The van der Waals surface area contributed by atoms with Crippen molar-refractivity contribution in [3.8, 4) is 0 Å². The zero-order valence-electron chi connectivity index (χ0n) is 13.0. The van der Waals surface area contributed by atoms with Crippen molar-refractivity contribution in [3.63, 3.8) is 0 Å². The minimum atomic E-state index is -0.328. The van der Waals surface area contributed by atoms with E-state index in [-0.39, 0.29) is 22.6 Å². The Bertz CT molecular complexity index is 512. The number of aryl methyl sites for hydroxylation is 1. The highest BCUT2D eigenvalue weighted by atomic mass is 16.6. The first-order valence-corrected chi connectivity index (χ1v) is 7.63. The summed E-state index contributed by atoms with van der Waals surface area (Å²) in [6.45, 7) is 4.45. The maximum Gasteiger partial charge on any atom is 0.334 e. The third-order valence-electron chi connectivity index (χ3n) is 4.31. The third-order valence-corrected chi connectivity index (χ3v) is 4.31. The Kier molecular flexibility index (Phi) is 4.82. The maximum absolute atomic E-state index is 11.4. The molecule has 1 aliphatic rings. The molecule has 0 aliphatic heterocycles. The Morgan fingerprint density at radius 1 is 1.48 bits per heavy atom. The molecule has 118 valence electrons. The molecule has 0 radical (unpaired) electrons. The maximum atomic E-state index is 11.4. The van der Waals surface area contributed by atoms with Gasteiger partial charge in [-0.25, -0.2) is 4.68 Å². The number of anilines is 1. The van der Waals surface area contributed by atoms with E-state index in [1.807, 2.05) is 13.8 Å². The normalized spacial score (nSPS) is 22.5. The number of hydrogen-bond acceptors (Lipinski definition) is 5. The van der Waals surface area contributed by atoms with Gasteiger partial charge in [-0.2, -0.15) is 5.10 Å². The SMILES string of the molecule is CC(C)c1nn(C)c(NC2CCCCC2CN)c1[N+](=O)[O-]. The van der Waals surface area contributed by atoms with Crippen LogP contribution in [0.25, 0.3) is 0 Å². The van der Waals surface area contributed by atoms with Gasteiger partial charge in [0.2, 0.25) is 5.82 Å². The van der Waals surface area contributed by atoms with Gasteiger partial charge in [-0.1, -0.05) is 26.7 Å². The van der Waals surface area contributed by atoms with Gasteiger partial charge in [-0.3, -0.25) is 10.1 Å². The van der Waals surface area contributed by atoms with Crippen molar-refractivity contribution in [1.29, 1.82) is 0 Å². The summed E-state index contributed by atoms with van der Waals surface area (Å²) in [4.78, 5) is 11.1. The highest BCUT2D eigenvalue weighted by molar-refractivity contribution is 5.61. The minimum absolute atomic E-state index is 0.0174. The van der Waals surface area contributed by atoms with E-state index in [0.29, 0.717) is 24.0 Å². The van der Waals surface area contributed by atoms with Gasteiger partial charge in [0.25, 0.3) is 0 Å². The number of aromatic nitrogens is 2. The molecule has 1 saturated carbocycles. The Balaban J connectivity index is 2.32. The van der Waals surface area contributed by atoms with Gasteiger partial charge < -0.3 is 11.1 Å². The quantitative estimate of drug-likeness (QED) is 0.642. The van der Waals surface area contributed by atoms with Crippen LogP contribution in [0, 0.1) is 16.0 Å². The van der Waals surface area contributed by atoms with E-state index >= 15 is 0 Å². The summed E-state index contributed by atoms with van der Waals surface area (Å²) < 4.78 is 1.59. The Morgan fingerprint density at radius 3 is 2.71 bits per heavy atom. The summed E-state index contributed by atoms with van der Waals surface area (Å²) in [6, 6.07) is 0.192. The Morgan fingerprint density at radius 2 is 2.14 bits per heavy atom. The molecule has 0 aromatic carbocycles. The number of nitrogens with zero attached hydrogens (tertiary/aromatic N) is 3. The van der Waals surface area contributed by atoms with Crippen LogP contribution in [0.3, 0.4) is 0 Å². The standard InChI is InChI=1S/C14H25N5O2/c1-9(2)12-13(19(20)21)14(18(3)17-12)16-11-7-5-4-6-10(11)8-15/h9-11,16H,4-8,15H2,1-3H3. The molecule has 1 fully saturated rings. The van der Waals surface area contributed by atoms with Gasteiger partial charge in [-0.15, -0.1) is 0 Å². The number of rotatable bonds is 5. The van der Waals surface area contributed by atoms with Crippen LogP contribution in [0.1, 0.15) is 51.1 Å². The van der Waals surface area contributed by atoms with E-state index in [0.717, 1.165) is 19.3 Å². The zero-order valence-corrected chi connectivity index (χ0v) is 13.0. The predicted molar refractivity (Wildman–Crippen MR) is 82.4 cm³/mol. The largest absolute Gasteiger partial charge is 0.361 e. The number of hydrogen-bond donors (Lipinski definition) is 2. The van der Waals surface area contributed by atoms with Crippen molar-refractivity contribution >= 4 is 11.5 Å². The van der Waals surface area contributed by atoms with Crippen LogP contribution in [0.5, 0.6) is 0 Å². The average molecular weight is 295 g/mol. The summed E-state index contributed by atoms with van der Waals surface area (Å²) in [6.07, 6.45) is 4.40. The highest BCUT2D eigenvalue weighted by Gasteiger charge is 2.32. The molecule has 1 aromatic heterocycles. The molecule has 7 heteroatoms. The number of nitro groups is 1. The van der Waals surface area contributed by atoms with E-state index < -0.39 is 0 Å². The summed E-state index contributed by atoms with van der Waals surface area (Å²) in [5.41, 5.74) is 6.48. The molecule has 7 nitrogen and oxygen atoms in total. The Labute approximate surface area is 125 Å². The molecule has 21 heavy (non-hydrogen) atoms. The second-order valence-electron chi connectivity index (χ2n) is 6.15. The molecule has 0 spiro atoms. The fourth-order valence-corrected chi connectivity index (χ4v) is 3.12. The molecule has 0 amide bonds. The first-order chi connectivity index (χ1) is 9.95. The van der Waals surface area contributed by atoms with Gasteiger partial charge in [-0.05, 0) is 25.3 Å². The summed E-state index contributed by atoms with van der Waals surface area (Å²) in [5.74, 6) is 0.897. The predicted octanol–water partition coefficient (Wildman–Crippen LogP) is 2.38. The molecule has 2 rings (SSSR count). The molecule has 2 atom stereocenters. The second-order valence-corrected chi connectivity index (χ2v) is 6.15. The third kappa shape index (κ3) is 3.18. The lowest BCUT2D eigenvalue weighted by Gasteiger charge is -2.31. The van der Waals surface area contributed by atoms with Crippen molar-refractivity contribution in [2.75, 3.05) is 11.9 Å². The fourth-order valence-electron chi connectivity index (χ4n) is 3.12. The molecular formula is C14H25N5O2. The van der Waals surface area contributed by atoms with E-state index in [2.05, 4.69) is 10.4 Å². The van der Waals surface area contributed by atoms with Crippen LogP contribution in [0.4, 0.5) is 11.5 Å². The average Bonchev–Trinajstić information content (AvgIpc) is 2.77. The molecule has 1 aliphatic carbocycles. The lowest BCUT2D eigenvalue weighted by molar-refractivity contribution is -0.384. The lowest BCUT2D eigenvalue weighted by Crippen LogP contribution is -2.37. The van der Waals surface area contributed by atoms with Crippen LogP contribution in [0.2, 0.25) is 0 Å². The minimum Gasteiger partial charge on any atom is -0.361 e. The van der Waals surface area contributed by atoms with E-state index in [4.69, 9.17) is 5.73 Å². The monoisotopic (exact) mass is 295 g/mol. The van der Waals surface area contributed by atoms with Gasteiger partial charge in [0, 0.05) is 19.0 Å². The van der Waals surface area contributed by atoms with Crippen LogP contribution in [0.15, 0.2) is 0 Å². The van der Waals surface area contributed by atoms with Crippen LogP contribution in [-0.4, -0.2) is 27.3 Å². The van der Waals surface area contributed by atoms with Crippen molar-refractivity contribution in [3.05, 3.63) is 15.8 Å². The van der Waals surface area contributed by atoms with Gasteiger partial charge in [0.1, 0.15) is 5.69 Å². The van der Waals surface area contributed by atoms with Crippen molar-refractivity contribution in [2.24, 2.45) is 18.7 Å². The second kappa shape index (κ2) is 6.43. The highest BCUT2D eigenvalue weighted by Crippen LogP contribution is 2.35. The zero-order chi connectivity index (χ0) is 15.6. The molecule has 0 bridgehead atoms. The first-order valence-electron chi connectivity index (χ1n) is 7.63. The van der Waals surface area contributed by atoms with E-state index in [1.165, 1.54) is 6.42 Å². The molecule has 1 heterocycles. The molecule has 0 saturated heterocycles. The van der Waals surface area contributed by atoms with Gasteiger partial charge >= 0.3 is 5.69 Å². The molecule has 1 aromatic rings. The van der Waals surface area contributed by atoms with Crippen LogP contribution >= 0.6 is 0 Å². The van der Waals surface area contributed by atoms with Crippen molar-refractivity contribution < 1.29 is 4.92 Å². The van der Waals surface area contributed by atoms with Crippen molar-refractivity contribution in [2.45, 2.75) is 51.5 Å². The lowest BCUT2D eigenvalue weighted by atomic mass is 9.84. The summed E-state index contributed by atoms with van der Waals surface area (Å²) in [5, 5.41) is 19.1.